The van der Waals surface area contributed by atoms with Crippen molar-refractivity contribution >= 4 is 67.0 Å². The number of carbonyl (C=O) groups is 2. The molecule has 2 aromatic carbocycles. The van der Waals surface area contributed by atoms with Gasteiger partial charge in [0.1, 0.15) is 38.6 Å². The van der Waals surface area contributed by atoms with Crippen LogP contribution in [0, 0.1) is 22.7 Å². The number of aromatic nitrogens is 4. The number of nitrogens with one attached hydrogen (secondary N) is 2. The summed E-state index contributed by atoms with van der Waals surface area (Å²) >= 11 is 21.3. The average Bonchev–Trinajstić information content (AvgIpc) is 3.33. The van der Waals surface area contributed by atoms with E-state index in [2.05, 4.69) is 74.6 Å². The first-order chi connectivity index (χ1) is 32.9. The van der Waals surface area contributed by atoms with Crippen molar-refractivity contribution in [2.45, 2.75) is 65.2 Å². The number of hydrogen-bond donors (Lipinski definition) is 4. The highest BCUT2D eigenvalue weighted by molar-refractivity contribution is 9.10. The Kier molecular flexibility index (Phi) is 19.3. The van der Waals surface area contributed by atoms with Crippen molar-refractivity contribution in [3.63, 3.8) is 0 Å². The highest BCUT2D eigenvalue weighted by atomic mass is 79.9. The molecule has 0 aliphatic carbocycles. The minimum Gasteiger partial charge on any atom is -0.481 e. The van der Waals surface area contributed by atoms with Crippen molar-refractivity contribution in [3.8, 4) is 46.8 Å². The summed E-state index contributed by atoms with van der Waals surface area (Å²) in [6.45, 7) is 1.79. The van der Waals surface area contributed by atoms with Crippen molar-refractivity contribution in [2.75, 3.05) is 13.1 Å². The lowest BCUT2D eigenvalue weighted by molar-refractivity contribution is -0.138. The summed E-state index contributed by atoms with van der Waals surface area (Å²) < 4.78 is 25.8. The molecule has 68 heavy (non-hydrogen) atoms. The topological polar surface area (TPSA) is 235 Å². The fraction of sp³-hybridized carbons (Fsp3) is 0.250. The first-order valence-corrected chi connectivity index (χ1v) is 23.2. The molecule has 350 valence electrons. The number of nitrogens with zero attached hydrogens (tertiary/aromatic N) is 6. The third-order valence-corrected chi connectivity index (χ3v) is 11.9. The fourth-order valence-electron chi connectivity index (χ4n) is 6.52. The molecule has 0 saturated carbocycles. The van der Waals surface area contributed by atoms with Gasteiger partial charge in [-0.1, -0.05) is 59.6 Å². The molecule has 4 aromatic heterocycles. The van der Waals surface area contributed by atoms with Gasteiger partial charge >= 0.3 is 11.9 Å². The van der Waals surface area contributed by atoms with Crippen LogP contribution in [0.5, 0.6) is 23.5 Å². The molecular formula is C48H42Br2Cl2N8O8. The predicted octanol–water partition coefficient (Wildman–Crippen LogP) is 9.73. The second kappa shape index (κ2) is 25.7. The van der Waals surface area contributed by atoms with Gasteiger partial charge in [-0.05, 0) is 82.1 Å². The number of carboxylic acids is 2. The Morgan fingerprint density at radius 1 is 0.588 bits per heavy atom. The quantitative estimate of drug-likeness (QED) is 0.0391. The highest BCUT2D eigenvalue weighted by Crippen LogP contribution is 2.39. The summed E-state index contributed by atoms with van der Waals surface area (Å²) in [6, 6.07) is 22.2. The minimum absolute atomic E-state index is 0.0251. The maximum absolute atomic E-state index is 11.0. The lowest BCUT2D eigenvalue weighted by atomic mass is 10.0. The number of pyridine rings is 4. The van der Waals surface area contributed by atoms with Crippen LogP contribution in [0.3, 0.4) is 0 Å². The van der Waals surface area contributed by atoms with E-state index >= 15 is 0 Å². The van der Waals surface area contributed by atoms with Crippen LogP contribution in [-0.4, -0.2) is 55.2 Å². The van der Waals surface area contributed by atoms with E-state index in [-0.39, 0.29) is 62.8 Å². The molecule has 0 saturated heterocycles. The summed E-state index contributed by atoms with van der Waals surface area (Å²) in [6.07, 6.45) is 7.08. The van der Waals surface area contributed by atoms with Gasteiger partial charge in [0.15, 0.2) is 0 Å². The Hall–Kier alpha value is -6.38. The van der Waals surface area contributed by atoms with Gasteiger partial charge in [-0.25, -0.2) is 0 Å². The molecule has 0 bridgehead atoms. The van der Waals surface area contributed by atoms with Crippen LogP contribution in [0.25, 0.3) is 11.1 Å². The molecule has 0 fully saturated rings. The molecule has 20 heteroatoms. The van der Waals surface area contributed by atoms with Gasteiger partial charge in [0.25, 0.3) is 0 Å². The molecule has 0 aliphatic heterocycles. The molecular weight excluding hydrogens is 1050 g/mol. The zero-order chi connectivity index (χ0) is 48.4. The molecule has 16 nitrogen and oxygen atoms in total. The highest BCUT2D eigenvalue weighted by Gasteiger charge is 2.19. The van der Waals surface area contributed by atoms with Crippen molar-refractivity contribution < 1.29 is 38.7 Å². The molecule has 0 unspecified atom stereocenters. The average molecular weight is 1090 g/mol. The first kappa shape index (κ1) is 51.0. The zero-order valence-electron chi connectivity index (χ0n) is 36.1. The summed E-state index contributed by atoms with van der Waals surface area (Å²) in [5.41, 5.74) is 6.08. The summed E-state index contributed by atoms with van der Waals surface area (Å²) in [4.78, 5) is 39.6. The predicted molar refractivity (Wildman–Crippen MR) is 258 cm³/mol. The van der Waals surface area contributed by atoms with E-state index in [4.69, 9.17) is 52.4 Å². The molecule has 0 amide bonds. The molecule has 0 aliphatic rings. The van der Waals surface area contributed by atoms with E-state index in [9.17, 15) is 20.1 Å². The summed E-state index contributed by atoms with van der Waals surface area (Å²) in [5.74, 6) is -0.739. The third kappa shape index (κ3) is 14.8. The molecule has 0 spiro atoms. The second-order valence-corrected chi connectivity index (χ2v) is 17.4. The van der Waals surface area contributed by atoms with Crippen LogP contribution < -0.4 is 29.6 Å². The Labute approximate surface area is 418 Å². The van der Waals surface area contributed by atoms with Gasteiger partial charge in [0.2, 0.25) is 23.5 Å². The lowest BCUT2D eigenvalue weighted by Gasteiger charge is -2.17. The van der Waals surface area contributed by atoms with Crippen LogP contribution in [0.4, 0.5) is 0 Å². The van der Waals surface area contributed by atoms with Crippen molar-refractivity contribution in [3.05, 3.63) is 149 Å². The molecule has 6 aromatic rings. The minimum atomic E-state index is -0.871. The standard InChI is InChI=1S/C48H42Br2Cl2N8O8/c49-39-15-35(23-55-11-3-9-41(61)62)45(65-25-31-13-29(17-53)19-57-21-31)59-47(39)67-27-33-5-1-7-37(43(33)51)38-8-2-6-34(44(38)52)28-68-48-40(50)16-36(24-56-12-4-10-42(63)64)46(60-48)66-26-32-14-30(18-54)20-58-22-32/h1-2,5-8,13-16,19-22,55-56H,3-4,9-12,23-28H2,(H,61,62)(H,63,64). The Morgan fingerprint density at radius 3 is 1.40 bits per heavy atom. The molecule has 0 atom stereocenters. The maximum atomic E-state index is 11.0. The van der Waals surface area contributed by atoms with Gasteiger partial charge in [-0.2, -0.15) is 20.5 Å². The summed E-state index contributed by atoms with van der Waals surface area (Å²) in [5, 5.41) is 44.0. The van der Waals surface area contributed by atoms with Gasteiger partial charge in [0.05, 0.1) is 30.1 Å². The normalized spacial score (nSPS) is 10.8. The molecule has 4 heterocycles. The molecule has 6 rings (SSSR count). The first-order valence-electron chi connectivity index (χ1n) is 20.9. The SMILES string of the molecule is N#Cc1cncc(COc2nc(OCc3cccc(-c4cccc(COc5nc(OCc6cncc(C#N)c6)c(CNCCCC(=O)O)cc5Br)c4Cl)c3Cl)c(Br)cc2CNCCCC(=O)O)c1. The number of ether oxygens (including phenoxy) is 4. The van der Waals surface area contributed by atoms with Gasteiger partial charge < -0.3 is 39.8 Å². The van der Waals surface area contributed by atoms with Crippen molar-refractivity contribution in [1.82, 2.24) is 30.6 Å². The second-order valence-electron chi connectivity index (χ2n) is 14.9. The van der Waals surface area contributed by atoms with E-state index in [1.165, 1.54) is 12.4 Å². The summed E-state index contributed by atoms with van der Waals surface area (Å²) in [7, 11) is 0. The van der Waals surface area contributed by atoms with Crippen LogP contribution in [-0.2, 0) is 49.1 Å². The maximum Gasteiger partial charge on any atom is 0.303 e. The van der Waals surface area contributed by atoms with E-state index in [1.807, 2.05) is 48.5 Å². The number of aliphatic carboxylic acids is 2. The van der Waals surface area contributed by atoms with E-state index in [1.54, 1.807) is 24.5 Å². The number of nitriles is 2. The Morgan fingerprint density at radius 2 is 1.00 bits per heavy atom. The lowest BCUT2D eigenvalue weighted by Crippen LogP contribution is -2.17. The monoisotopic (exact) mass is 1090 g/mol. The number of benzene rings is 2. The van der Waals surface area contributed by atoms with E-state index in [0.717, 1.165) is 0 Å². The van der Waals surface area contributed by atoms with Crippen LogP contribution >= 0.6 is 55.1 Å². The Balaban J connectivity index is 1.17. The van der Waals surface area contributed by atoms with Gasteiger partial charge in [-0.3, -0.25) is 19.6 Å². The zero-order valence-corrected chi connectivity index (χ0v) is 40.8. The largest absolute Gasteiger partial charge is 0.481 e. The van der Waals surface area contributed by atoms with Crippen LogP contribution in [0.1, 0.15) is 70.2 Å². The van der Waals surface area contributed by atoms with Crippen LogP contribution in [0.15, 0.2) is 94.4 Å². The number of halogens is 4. The van der Waals surface area contributed by atoms with E-state index < -0.39 is 11.9 Å². The smallest absolute Gasteiger partial charge is 0.303 e. The molecule has 0 radical (unpaired) electrons. The number of carboxylic acid groups (broad SMARTS) is 2. The fourth-order valence-corrected chi connectivity index (χ4v) is 8.04. The van der Waals surface area contributed by atoms with E-state index in [0.29, 0.717) is 114 Å². The van der Waals surface area contributed by atoms with Crippen molar-refractivity contribution in [1.29, 1.82) is 10.5 Å². The van der Waals surface area contributed by atoms with Gasteiger partial charge in [0, 0.05) is 95.2 Å². The number of hydrogen-bond acceptors (Lipinski definition) is 14. The Bertz CT molecular complexity index is 2650. The van der Waals surface area contributed by atoms with Crippen LogP contribution in [0.2, 0.25) is 10.0 Å². The third-order valence-electron chi connectivity index (χ3n) is 9.86. The van der Waals surface area contributed by atoms with Crippen molar-refractivity contribution in [2.24, 2.45) is 0 Å². The molecule has 4 N–H and O–H groups in total. The van der Waals surface area contributed by atoms with Gasteiger partial charge in [-0.15, -0.1) is 0 Å². The number of rotatable bonds is 25.